The Labute approximate surface area is 163 Å². The van der Waals surface area contributed by atoms with Crippen molar-refractivity contribution in [2.24, 2.45) is 0 Å². The lowest BCUT2D eigenvalue weighted by Gasteiger charge is -2.32. The number of nitrogens with zero attached hydrogens (tertiary/aromatic N) is 3. The number of ether oxygens (including phenoxy) is 1. The highest BCUT2D eigenvalue weighted by atomic mass is 16.5. The maximum atomic E-state index is 10.2. The quantitative estimate of drug-likeness (QED) is 0.722. The lowest BCUT2D eigenvalue weighted by Crippen LogP contribution is -2.41. The number of rotatable bonds is 8. The van der Waals surface area contributed by atoms with Crippen molar-refractivity contribution in [2.45, 2.75) is 11.8 Å². The molecular weight excluding hydrogens is 334 g/mol. The highest BCUT2D eigenvalue weighted by Gasteiger charge is 2.34. The summed E-state index contributed by atoms with van der Waals surface area (Å²) in [6.45, 7) is 6.64. The fourth-order valence-corrected chi connectivity index (χ4v) is 3.69. The molecule has 27 heavy (non-hydrogen) atoms. The van der Waals surface area contributed by atoms with E-state index in [-0.39, 0.29) is 0 Å². The highest BCUT2D eigenvalue weighted by molar-refractivity contribution is 5.45. The van der Waals surface area contributed by atoms with E-state index in [9.17, 15) is 5.26 Å². The van der Waals surface area contributed by atoms with Crippen molar-refractivity contribution in [3.05, 3.63) is 71.8 Å². The zero-order chi connectivity index (χ0) is 19.0. The third-order valence-corrected chi connectivity index (χ3v) is 5.49. The average molecular weight is 364 g/mol. The lowest BCUT2D eigenvalue weighted by molar-refractivity contribution is 0.0343. The summed E-state index contributed by atoms with van der Waals surface area (Å²) >= 11 is 0. The van der Waals surface area contributed by atoms with E-state index in [1.165, 1.54) is 0 Å². The normalized spacial score (nSPS) is 15.6. The Hall–Kier alpha value is -2.19. The van der Waals surface area contributed by atoms with Crippen LogP contribution >= 0.6 is 0 Å². The van der Waals surface area contributed by atoms with Crippen LogP contribution in [0.25, 0.3) is 0 Å². The van der Waals surface area contributed by atoms with Gasteiger partial charge < -0.3 is 9.64 Å². The van der Waals surface area contributed by atoms with E-state index in [2.05, 4.69) is 47.2 Å². The summed E-state index contributed by atoms with van der Waals surface area (Å²) < 4.78 is 5.42. The number of morpholine rings is 1. The first-order valence-corrected chi connectivity index (χ1v) is 9.75. The topological polar surface area (TPSA) is 39.5 Å². The summed E-state index contributed by atoms with van der Waals surface area (Å²) in [5.74, 6) is 0. The van der Waals surface area contributed by atoms with Crippen LogP contribution in [0.15, 0.2) is 60.7 Å². The van der Waals surface area contributed by atoms with Gasteiger partial charge in [-0.25, -0.2) is 0 Å². The maximum Gasteiger partial charge on any atom is 0.108 e. The van der Waals surface area contributed by atoms with Gasteiger partial charge in [-0.2, -0.15) is 5.26 Å². The van der Waals surface area contributed by atoms with E-state index in [0.717, 1.165) is 63.5 Å². The van der Waals surface area contributed by atoms with E-state index in [0.29, 0.717) is 0 Å². The van der Waals surface area contributed by atoms with Crippen LogP contribution in [0.1, 0.15) is 17.5 Å². The molecule has 0 aliphatic carbocycles. The third-order valence-electron chi connectivity index (χ3n) is 5.49. The van der Waals surface area contributed by atoms with Crippen LogP contribution in [0.3, 0.4) is 0 Å². The average Bonchev–Trinajstić information content (AvgIpc) is 2.75. The van der Waals surface area contributed by atoms with Gasteiger partial charge in [0.15, 0.2) is 0 Å². The summed E-state index contributed by atoms with van der Waals surface area (Å²) in [6, 6.07) is 23.0. The Balaban J connectivity index is 1.69. The molecule has 1 aliphatic rings. The van der Waals surface area contributed by atoms with Crippen molar-refractivity contribution < 1.29 is 4.74 Å². The summed E-state index contributed by atoms with van der Waals surface area (Å²) in [7, 11) is 2.15. The molecule has 0 radical (unpaired) electrons. The van der Waals surface area contributed by atoms with Gasteiger partial charge in [0.2, 0.25) is 0 Å². The van der Waals surface area contributed by atoms with Gasteiger partial charge in [-0.1, -0.05) is 60.7 Å². The van der Waals surface area contributed by atoms with Crippen LogP contribution in [0.4, 0.5) is 0 Å². The minimum Gasteiger partial charge on any atom is -0.379 e. The van der Waals surface area contributed by atoms with Crippen LogP contribution < -0.4 is 0 Å². The van der Waals surface area contributed by atoms with Crippen molar-refractivity contribution in [1.29, 1.82) is 5.26 Å². The molecule has 1 heterocycles. The molecule has 1 aliphatic heterocycles. The van der Waals surface area contributed by atoms with Gasteiger partial charge in [-0.3, -0.25) is 4.90 Å². The Kier molecular flexibility index (Phi) is 7.00. The molecule has 4 nitrogen and oxygen atoms in total. The molecule has 0 unspecified atom stereocenters. The van der Waals surface area contributed by atoms with Crippen molar-refractivity contribution in [3.63, 3.8) is 0 Å². The van der Waals surface area contributed by atoms with Gasteiger partial charge in [0.05, 0.1) is 19.3 Å². The number of hydrogen-bond acceptors (Lipinski definition) is 4. The summed E-state index contributed by atoms with van der Waals surface area (Å²) in [4.78, 5) is 4.79. The Bertz CT molecular complexity index is 681. The number of nitriles is 1. The van der Waals surface area contributed by atoms with Crippen molar-refractivity contribution in [1.82, 2.24) is 9.80 Å². The molecule has 142 valence electrons. The first-order valence-electron chi connectivity index (χ1n) is 9.75. The fourth-order valence-electron chi connectivity index (χ4n) is 3.69. The standard InChI is InChI=1S/C23H29N3O/c1-25(14-15-26-16-18-27-19-17-26)13-12-23(20-24,21-8-4-2-5-9-21)22-10-6-3-7-11-22/h2-11H,12-19H2,1H3. The van der Waals surface area contributed by atoms with Gasteiger partial charge in [0, 0.05) is 32.7 Å². The second-order valence-electron chi connectivity index (χ2n) is 7.26. The SMILES string of the molecule is CN(CCN1CCOCC1)CCC(C#N)(c1ccccc1)c1ccccc1. The highest BCUT2D eigenvalue weighted by Crippen LogP contribution is 2.35. The fraction of sp³-hybridized carbons (Fsp3) is 0.435. The van der Waals surface area contributed by atoms with Gasteiger partial charge in [-0.05, 0) is 24.6 Å². The van der Waals surface area contributed by atoms with Crippen molar-refractivity contribution >= 4 is 0 Å². The molecule has 0 saturated carbocycles. The van der Waals surface area contributed by atoms with E-state index in [1.807, 2.05) is 36.4 Å². The summed E-state index contributed by atoms with van der Waals surface area (Å²) in [5, 5.41) is 10.2. The Morgan fingerprint density at radius 3 is 2.04 bits per heavy atom. The number of likely N-dealkylation sites (N-methyl/N-ethyl adjacent to an activating group) is 1. The molecule has 0 atom stereocenters. The predicted octanol–water partition coefficient (Wildman–Crippen LogP) is 3.15. The largest absolute Gasteiger partial charge is 0.379 e. The molecule has 2 aromatic rings. The lowest BCUT2D eigenvalue weighted by atomic mass is 9.73. The van der Waals surface area contributed by atoms with Gasteiger partial charge >= 0.3 is 0 Å². The summed E-state index contributed by atoms with van der Waals surface area (Å²) in [6.07, 6.45) is 0.775. The minimum absolute atomic E-state index is 0.615. The molecule has 3 rings (SSSR count). The van der Waals surface area contributed by atoms with E-state index in [4.69, 9.17) is 4.74 Å². The molecule has 0 bridgehead atoms. The monoisotopic (exact) mass is 363 g/mol. The Morgan fingerprint density at radius 2 is 1.52 bits per heavy atom. The molecule has 4 heteroatoms. The minimum atomic E-state index is -0.615. The molecule has 1 fully saturated rings. The maximum absolute atomic E-state index is 10.2. The van der Waals surface area contributed by atoms with E-state index < -0.39 is 5.41 Å². The first kappa shape index (κ1) is 19.6. The molecule has 2 aromatic carbocycles. The van der Waals surface area contributed by atoms with Crippen LogP contribution in [-0.4, -0.2) is 62.8 Å². The molecule has 0 aromatic heterocycles. The van der Waals surface area contributed by atoms with E-state index >= 15 is 0 Å². The number of hydrogen-bond donors (Lipinski definition) is 0. The molecule has 0 amide bonds. The van der Waals surface area contributed by atoms with Crippen molar-refractivity contribution in [2.75, 3.05) is 53.0 Å². The zero-order valence-electron chi connectivity index (χ0n) is 16.2. The van der Waals surface area contributed by atoms with Crippen LogP contribution in [-0.2, 0) is 10.2 Å². The third kappa shape index (κ3) is 4.95. The van der Waals surface area contributed by atoms with Crippen LogP contribution in [0.5, 0.6) is 0 Å². The summed E-state index contributed by atoms with van der Waals surface area (Å²) in [5.41, 5.74) is 1.52. The second-order valence-corrected chi connectivity index (χ2v) is 7.26. The molecule has 0 N–H and O–H groups in total. The number of benzene rings is 2. The van der Waals surface area contributed by atoms with Gasteiger partial charge in [0.25, 0.3) is 0 Å². The predicted molar refractivity (Wildman–Crippen MR) is 109 cm³/mol. The molecule has 0 spiro atoms. The molecule has 1 saturated heterocycles. The first-order chi connectivity index (χ1) is 13.2. The van der Waals surface area contributed by atoms with E-state index in [1.54, 1.807) is 0 Å². The Morgan fingerprint density at radius 1 is 0.963 bits per heavy atom. The smallest absolute Gasteiger partial charge is 0.108 e. The zero-order valence-corrected chi connectivity index (χ0v) is 16.2. The van der Waals surface area contributed by atoms with Crippen molar-refractivity contribution in [3.8, 4) is 6.07 Å². The van der Waals surface area contributed by atoms with Gasteiger partial charge in [0.1, 0.15) is 5.41 Å². The second kappa shape index (κ2) is 9.66. The van der Waals surface area contributed by atoms with Gasteiger partial charge in [-0.15, -0.1) is 0 Å². The van der Waals surface area contributed by atoms with Crippen LogP contribution in [0, 0.1) is 11.3 Å². The van der Waals surface area contributed by atoms with Crippen LogP contribution in [0.2, 0.25) is 0 Å². The molecular formula is C23H29N3O.